The van der Waals surface area contributed by atoms with E-state index in [1.807, 2.05) is 31.2 Å². The maximum atomic E-state index is 12.1. The molecule has 4 heteroatoms. The van der Waals surface area contributed by atoms with Crippen LogP contribution in [0.3, 0.4) is 0 Å². The molecule has 0 radical (unpaired) electrons. The Bertz CT molecular complexity index is 746. The van der Waals surface area contributed by atoms with E-state index in [0.717, 1.165) is 11.3 Å². The van der Waals surface area contributed by atoms with Gasteiger partial charge in [0, 0.05) is 0 Å². The van der Waals surface area contributed by atoms with E-state index in [1.54, 1.807) is 12.1 Å². The monoisotopic (exact) mass is 296 g/mol. The molecule has 0 amide bonds. The number of ketones is 1. The third-order valence-electron chi connectivity index (χ3n) is 2.99. The molecular weight excluding hydrogens is 280 g/mol. The largest absolute Gasteiger partial charge is 0.504 e. The number of ether oxygens (including phenoxy) is 1. The highest BCUT2D eigenvalue weighted by Crippen LogP contribution is 2.15. The highest BCUT2D eigenvalue weighted by Gasteiger charge is 2.09. The number of rotatable bonds is 5. The fraction of sp³-hybridized carbons (Fsp3) is 0.111. The van der Waals surface area contributed by atoms with Crippen LogP contribution in [0.1, 0.15) is 22.8 Å². The van der Waals surface area contributed by atoms with Crippen molar-refractivity contribution in [2.24, 2.45) is 0 Å². The summed E-state index contributed by atoms with van der Waals surface area (Å²) in [5.41, 5.74) is 0.221. The molecule has 0 atom stereocenters. The summed E-state index contributed by atoms with van der Waals surface area (Å²) < 4.78 is 5.34. The Kier molecular flexibility index (Phi) is 5.09. The Hall–Kier alpha value is -2.88. The zero-order chi connectivity index (χ0) is 15.9. The van der Waals surface area contributed by atoms with Gasteiger partial charge in [-0.1, -0.05) is 30.3 Å². The molecule has 2 rings (SSSR count). The molecule has 1 N–H and O–H groups in total. The molecule has 0 saturated carbocycles. The molecule has 0 bridgehead atoms. The van der Waals surface area contributed by atoms with Gasteiger partial charge in [-0.05, 0) is 42.8 Å². The van der Waals surface area contributed by atoms with E-state index < -0.39 is 17.0 Å². The van der Waals surface area contributed by atoms with Gasteiger partial charge in [-0.2, -0.15) is 0 Å². The van der Waals surface area contributed by atoms with Crippen molar-refractivity contribution in [3.8, 4) is 11.5 Å². The Morgan fingerprint density at radius 2 is 1.82 bits per heavy atom. The number of benzene rings is 1. The van der Waals surface area contributed by atoms with E-state index >= 15 is 0 Å². The van der Waals surface area contributed by atoms with Gasteiger partial charge in [0.1, 0.15) is 5.75 Å². The zero-order valence-electron chi connectivity index (χ0n) is 12.2. The first kappa shape index (κ1) is 15.5. The first-order valence-corrected chi connectivity index (χ1v) is 6.89. The van der Waals surface area contributed by atoms with Crippen molar-refractivity contribution in [3.63, 3.8) is 0 Å². The minimum atomic E-state index is -0.581. The fourth-order valence-electron chi connectivity index (χ4n) is 1.89. The molecule has 0 aliphatic heterocycles. The first-order chi connectivity index (χ1) is 10.6. The van der Waals surface area contributed by atoms with Crippen LogP contribution in [0.2, 0.25) is 0 Å². The summed E-state index contributed by atoms with van der Waals surface area (Å²) in [6.45, 7) is 2.50. The topological polar surface area (TPSA) is 63.6 Å². The average Bonchev–Trinajstić information content (AvgIpc) is 2.69. The number of carbonyl (C=O) groups is 1. The van der Waals surface area contributed by atoms with E-state index in [4.69, 9.17) is 4.74 Å². The van der Waals surface area contributed by atoms with Gasteiger partial charge < -0.3 is 9.84 Å². The van der Waals surface area contributed by atoms with E-state index in [-0.39, 0.29) is 5.56 Å². The number of hydrogen-bond acceptors (Lipinski definition) is 4. The second-order valence-corrected chi connectivity index (χ2v) is 4.54. The van der Waals surface area contributed by atoms with Gasteiger partial charge in [0.15, 0.2) is 11.5 Å². The predicted octanol–water partition coefficient (Wildman–Crippen LogP) is 3.05. The van der Waals surface area contributed by atoms with Crippen molar-refractivity contribution in [3.05, 3.63) is 76.0 Å². The third kappa shape index (κ3) is 3.82. The molecule has 2 aromatic rings. The van der Waals surface area contributed by atoms with E-state index in [9.17, 15) is 14.7 Å². The van der Waals surface area contributed by atoms with Crippen LogP contribution < -0.4 is 10.2 Å². The quantitative estimate of drug-likeness (QED) is 0.680. The highest BCUT2D eigenvalue weighted by molar-refractivity contribution is 6.08. The molecule has 0 aromatic heterocycles. The van der Waals surface area contributed by atoms with Crippen molar-refractivity contribution in [1.82, 2.24) is 0 Å². The van der Waals surface area contributed by atoms with Crippen molar-refractivity contribution in [2.75, 3.05) is 6.61 Å². The van der Waals surface area contributed by atoms with Gasteiger partial charge >= 0.3 is 0 Å². The van der Waals surface area contributed by atoms with Gasteiger partial charge in [-0.25, -0.2) is 0 Å². The van der Waals surface area contributed by atoms with Crippen LogP contribution in [0.25, 0.3) is 6.08 Å². The molecule has 4 nitrogen and oxygen atoms in total. The summed E-state index contributed by atoms with van der Waals surface area (Å²) in [4.78, 5) is 23.6. The first-order valence-electron chi connectivity index (χ1n) is 6.89. The Balaban J connectivity index is 2.20. The second-order valence-electron chi connectivity index (χ2n) is 4.54. The molecule has 0 fully saturated rings. The number of carbonyl (C=O) groups excluding carboxylic acids is 1. The van der Waals surface area contributed by atoms with Crippen molar-refractivity contribution >= 4 is 11.9 Å². The van der Waals surface area contributed by atoms with Crippen molar-refractivity contribution < 1.29 is 14.6 Å². The predicted molar refractivity (Wildman–Crippen MR) is 85.4 cm³/mol. The Labute approximate surface area is 128 Å². The SMILES string of the molecule is CCOc1ccc(C=CC(=O)c2ccccc(=O)c2O)cc1. The second kappa shape index (κ2) is 7.22. The van der Waals surface area contributed by atoms with Crippen LogP contribution in [0.5, 0.6) is 11.5 Å². The lowest BCUT2D eigenvalue weighted by Crippen LogP contribution is -2.01. The van der Waals surface area contributed by atoms with E-state index in [0.29, 0.717) is 6.61 Å². The lowest BCUT2D eigenvalue weighted by atomic mass is 10.1. The summed E-state index contributed by atoms with van der Waals surface area (Å²) >= 11 is 0. The van der Waals surface area contributed by atoms with Gasteiger partial charge in [0.25, 0.3) is 0 Å². The summed E-state index contributed by atoms with van der Waals surface area (Å²) in [7, 11) is 0. The molecule has 0 unspecified atom stereocenters. The average molecular weight is 296 g/mol. The molecule has 0 aliphatic carbocycles. The summed E-state index contributed by atoms with van der Waals surface area (Å²) in [6, 6.07) is 12.9. The van der Waals surface area contributed by atoms with Gasteiger partial charge in [-0.3, -0.25) is 9.59 Å². The molecule has 0 heterocycles. The normalized spacial score (nSPS) is 10.6. The van der Waals surface area contributed by atoms with Crippen molar-refractivity contribution in [1.29, 1.82) is 0 Å². The van der Waals surface area contributed by atoms with Crippen LogP contribution in [0, 0.1) is 0 Å². The Morgan fingerprint density at radius 3 is 2.50 bits per heavy atom. The number of allylic oxidation sites excluding steroid dienone is 1. The maximum absolute atomic E-state index is 12.1. The molecule has 0 spiro atoms. The van der Waals surface area contributed by atoms with E-state index in [2.05, 4.69) is 0 Å². The molecule has 2 aromatic carbocycles. The number of hydrogen-bond donors (Lipinski definition) is 1. The lowest BCUT2D eigenvalue weighted by Gasteiger charge is -2.02. The zero-order valence-corrected chi connectivity index (χ0v) is 12.2. The van der Waals surface area contributed by atoms with E-state index in [1.165, 1.54) is 24.3 Å². The highest BCUT2D eigenvalue weighted by atomic mass is 16.5. The van der Waals surface area contributed by atoms with Crippen LogP contribution >= 0.6 is 0 Å². The van der Waals surface area contributed by atoms with Gasteiger partial charge in [0.2, 0.25) is 5.43 Å². The molecule has 112 valence electrons. The smallest absolute Gasteiger partial charge is 0.220 e. The molecule has 0 saturated heterocycles. The van der Waals surface area contributed by atoms with Crippen LogP contribution in [-0.2, 0) is 0 Å². The lowest BCUT2D eigenvalue weighted by molar-refractivity contribution is 0.104. The minimum absolute atomic E-state index is 0.0165. The molecule has 0 aliphatic rings. The maximum Gasteiger partial charge on any atom is 0.220 e. The molecule has 22 heavy (non-hydrogen) atoms. The minimum Gasteiger partial charge on any atom is -0.504 e. The fourth-order valence-corrected chi connectivity index (χ4v) is 1.89. The number of aromatic hydroxyl groups is 1. The summed E-state index contributed by atoms with van der Waals surface area (Å²) in [6.07, 6.45) is 2.94. The van der Waals surface area contributed by atoms with Crippen LogP contribution in [0.4, 0.5) is 0 Å². The van der Waals surface area contributed by atoms with Gasteiger partial charge in [-0.15, -0.1) is 0 Å². The van der Waals surface area contributed by atoms with Gasteiger partial charge in [0.05, 0.1) is 12.2 Å². The van der Waals surface area contributed by atoms with Crippen molar-refractivity contribution in [2.45, 2.75) is 6.92 Å². The third-order valence-corrected chi connectivity index (χ3v) is 2.99. The standard InChI is InChI=1S/C18H16O4/c1-2-22-14-10-7-13(8-11-14)9-12-16(19)15-5-3-4-6-17(20)18(15)21/h3-12H,2H2,1H3,(H,20,21). The Morgan fingerprint density at radius 1 is 1.14 bits per heavy atom. The molecular formula is C18H16O4. The van der Waals surface area contributed by atoms with Crippen LogP contribution in [0.15, 0.2) is 59.4 Å². The summed E-state index contributed by atoms with van der Waals surface area (Å²) in [5.74, 6) is -0.208. The summed E-state index contributed by atoms with van der Waals surface area (Å²) in [5, 5.41) is 9.74. The van der Waals surface area contributed by atoms with Crippen LogP contribution in [-0.4, -0.2) is 17.5 Å².